The molecule has 32 heavy (non-hydrogen) atoms. The molecule has 0 bridgehead atoms. The Hall–Kier alpha value is -3.35. The fourth-order valence-corrected chi connectivity index (χ4v) is 4.93. The fraction of sp³-hybridized carbons (Fsp3) is 0.400. The van der Waals surface area contributed by atoms with Gasteiger partial charge in [0, 0.05) is 18.9 Å². The topological polar surface area (TPSA) is 105 Å². The van der Waals surface area contributed by atoms with Crippen molar-refractivity contribution in [2.45, 2.75) is 31.6 Å². The van der Waals surface area contributed by atoms with E-state index in [-0.39, 0.29) is 30.9 Å². The average molecular weight is 437 g/mol. The van der Waals surface area contributed by atoms with Crippen LogP contribution in [-0.4, -0.2) is 42.8 Å². The van der Waals surface area contributed by atoms with Gasteiger partial charge in [-0.3, -0.25) is 9.59 Å². The van der Waals surface area contributed by atoms with Crippen molar-refractivity contribution in [1.82, 2.24) is 10.6 Å². The molecule has 3 N–H and O–H groups in total. The molecule has 2 amide bonds. The monoisotopic (exact) mass is 436 g/mol. The smallest absolute Gasteiger partial charge is 0.407 e. The van der Waals surface area contributed by atoms with E-state index in [9.17, 15) is 14.4 Å². The first-order chi connectivity index (χ1) is 15.5. The van der Waals surface area contributed by atoms with Crippen molar-refractivity contribution in [1.29, 1.82) is 0 Å². The van der Waals surface area contributed by atoms with Crippen molar-refractivity contribution in [2.75, 3.05) is 19.7 Å². The number of amides is 2. The van der Waals surface area contributed by atoms with Crippen molar-refractivity contribution < 1.29 is 24.2 Å². The van der Waals surface area contributed by atoms with Gasteiger partial charge in [0.05, 0.1) is 0 Å². The van der Waals surface area contributed by atoms with Gasteiger partial charge < -0.3 is 20.5 Å². The second-order valence-corrected chi connectivity index (χ2v) is 8.63. The van der Waals surface area contributed by atoms with Crippen LogP contribution in [0.4, 0.5) is 4.79 Å². The van der Waals surface area contributed by atoms with Crippen molar-refractivity contribution in [2.24, 2.45) is 11.8 Å². The van der Waals surface area contributed by atoms with Crippen molar-refractivity contribution in [3.05, 3.63) is 59.7 Å². The highest BCUT2D eigenvalue weighted by Gasteiger charge is 2.30. The molecule has 1 fully saturated rings. The molecule has 7 nitrogen and oxygen atoms in total. The molecule has 0 radical (unpaired) electrons. The second-order valence-electron chi connectivity index (χ2n) is 8.63. The number of ether oxygens (including phenoxy) is 1. The summed E-state index contributed by atoms with van der Waals surface area (Å²) in [6, 6.07) is 16.5. The molecule has 0 spiro atoms. The standard InChI is InChI=1S/C25H28N2O5/c28-23(26-14-24(29)30)12-16-9-10-17(11-16)13-27-25(31)32-15-22-20-7-3-1-5-18(20)19-6-2-4-8-21(19)22/h1-8,16-17,22H,9-15H2,(H,26,28)(H,27,31)(H,29,30). The number of hydrogen-bond acceptors (Lipinski definition) is 4. The van der Waals surface area contributed by atoms with Gasteiger partial charge in [-0.15, -0.1) is 0 Å². The van der Waals surface area contributed by atoms with Gasteiger partial charge in [0.1, 0.15) is 13.2 Å². The number of alkyl carbamates (subject to hydrolysis) is 1. The molecule has 2 aliphatic carbocycles. The molecule has 2 atom stereocenters. The molecule has 4 rings (SSSR count). The Balaban J connectivity index is 1.22. The number of fused-ring (bicyclic) bond motifs is 3. The molecule has 1 saturated carbocycles. The number of carboxylic acids is 1. The zero-order valence-corrected chi connectivity index (χ0v) is 17.9. The van der Waals surface area contributed by atoms with E-state index < -0.39 is 12.1 Å². The molecule has 0 aromatic heterocycles. The minimum atomic E-state index is -1.05. The summed E-state index contributed by atoms with van der Waals surface area (Å²) in [6.45, 7) is 0.457. The molecule has 2 aliphatic rings. The van der Waals surface area contributed by atoms with E-state index in [1.807, 2.05) is 24.3 Å². The van der Waals surface area contributed by atoms with Gasteiger partial charge in [-0.1, -0.05) is 48.5 Å². The van der Waals surface area contributed by atoms with E-state index in [0.29, 0.717) is 18.9 Å². The lowest BCUT2D eigenvalue weighted by Gasteiger charge is -2.16. The van der Waals surface area contributed by atoms with Gasteiger partial charge in [-0.2, -0.15) is 0 Å². The van der Waals surface area contributed by atoms with Crippen LogP contribution in [0.5, 0.6) is 0 Å². The number of carboxylic acid groups (broad SMARTS) is 1. The second kappa shape index (κ2) is 9.85. The highest BCUT2D eigenvalue weighted by atomic mass is 16.5. The van der Waals surface area contributed by atoms with Gasteiger partial charge in [0.25, 0.3) is 0 Å². The number of nitrogens with one attached hydrogen (secondary N) is 2. The van der Waals surface area contributed by atoms with Crippen molar-refractivity contribution >= 4 is 18.0 Å². The summed E-state index contributed by atoms with van der Waals surface area (Å²) in [5.41, 5.74) is 4.76. The number of hydrogen-bond donors (Lipinski definition) is 3. The summed E-state index contributed by atoms with van der Waals surface area (Å²) >= 11 is 0. The number of aliphatic carboxylic acids is 1. The molecule has 2 aromatic carbocycles. The van der Waals surface area contributed by atoms with E-state index in [1.54, 1.807) is 0 Å². The molecular formula is C25H28N2O5. The predicted octanol–water partition coefficient (Wildman–Crippen LogP) is 3.53. The Kier molecular flexibility index (Phi) is 6.73. The number of benzene rings is 2. The molecular weight excluding hydrogens is 408 g/mol. The summed E-state index contributed by atoms with van der Waals surface area (Å²) in [5, 5.41) is 13.9. The van der Waals surface area contributed by atoms with Crippen LogP contribution in [-0.2, 0) is 14.3 Å². The minimum Gasteiger partial charge on any atom is -0.480 e. The molecule has 0 heterocycles. The SMILES string of the molecule is O=C(O)CNC(=O)CC1CCC(CNC(=O)OCC2c3ccccc3-c3ccccc32)C1. The third kappa shape index (κ3) is 5.10. The third-order valence-corrected chi connectivity index (χ3v) is 6.44. The Labute approximate surface area is 187 Å². The highest BCUT2D eigenvalue weighted by Crippen LogP contribution is 2.44. The zero-order chi connectivity index (χ0) is 22.5. The Morgan fingerprint density at radius 3 is 2.19 bits per heavy atom. The lowest BCUT2D eigenvalue weighted by Crippen LogP contribution is -2.31. The van der Waals surface area contributed by atoms with E-state index >= 15 is 0 Å². The minimum absolute atomic E-state index is 0.0355. The van der Waals surface area contributed by atoms with E-state index in [4.69, 9.17) is 9.84 Å². The number of rotatable bonds is 8. The van der Waals surface area contributed by atoms with Gasteiger partial charge >= 0.3 is 12.1 Å². The van der Waals surface area contributed by atoms with E-state index in [1.165, 1.54) is 22.3 Å². The van der Waals surface area contributed by atoms with Gasteiger partial charge in [0.2, 0.25) is 5.91 Å². The van der Waals surface area contributed by atoms with Crippen LogP contribution in [0.15, 0.2) is 48.5 Å². The maximum absolute atomic E-state index is 12.3. The van der Waals surface area contributed by atoms with Crippen LogP contribution in [0, 0.1) is 11.8 Å². The molecule has 7 heteroatoms. The first-order valence-electron chi connectivity index (χ1n) is 11.1. The fourth-order valence-electron chi connectivity index (χ4n) is 4.93. The molecule has 0 saturated heterocycles. The van der Waals surface area contributed by atoms with E-state index in [0.717, 1.165) is 19.3 Å². The van der Waals surface area contributed by atoms with Crippen LogP contribution in [0.1, 0.15) is 42.7 Å². The van der Waals surface area contributed by atoms with Crippen LogP contribution < -0.4 is 10.6 Å². The predicted molar refractivity (Wildman–Crippen MR) is 119 cm³/mol. The maximum atomic E-state index is 12.3. The molecule has 168 valence electrons. The summed E-state index contributed by atoms with van der Waals surface area (Å²) < 4.78 is 5.58. The Morgan fingerprint density at radius 2 is 1.53 bits per heavy atom. The van der Waals surface area contributed by atoms with Gasteiger partial charge in [0.15, 0.2) is 0 Å². The van der Waals surface area contributed by atoms with Gasteiger partial charge in [-0.05, 0) is 53.4 Å². The first kappa shape index (κ1) is 21.9. The molecule has 2 unspecified atom stereocenters. The third-order valence-electron chi connectivity index (χ3n) is 6.44. The Bertz CT molecular complexity index is 960. The lowest BCUT2D eigenvalue weighted by molar-refractivity contribution is -0.138. The molecule has 2 aromatic rings. The zero-order valence-electron chi connectivity index (χ0n) is 17.9. The average Bonchev–Trinajstić information content (AvgIpc) is 3.37. The number of carbonyl (C=O) groups is 3. The summed E-state index contributed by atoms with van der Waals surface area (Å²) in [4.78, 5) is 34.7. The highest BCUT2D eigenvalue weighted by molar-refractivity contribution is 5.81. The first-order valence-corrected chi connectivity index (χ1v) is 11.1. The van der Waals surface area contributed by atoms with Crippen LogP contribution in [0.2, 0.25) is 0 Å². The quantitative estimate of drug-likeness (QED) is 0.587. The molecule has 0 aliphatic heterocycles. The van der Waals surface area contributed by atoms with E-state index in [2.05, 4.69) is 34.9 Å². The maximum Gasteiger partial charge on any atom is 0.407 e. The van der Waals surface area contributed by atoms with Crippen LogP contribution in [0.25, 0.3) is 11.1 Å². The Morgan fingerprint density at radius 1 is 0.906 bits per heavy atom. The summed E-state index contributed by atoms with van der Waals surface area (Å²) in [6.07, 6.45) is 2.58. The van der Waals surface area contributed by atoms with Crippen LogP contribution >= 0.6 is 0 Å². The van der Waals surface area contributed by atoms with Crippen molar-refractivity contribution in [3.63, 3.8) is 0 Å². The van der Waals surface area contributed by atoms with Gasteiger partial charge in [-0.25, -0.2) is 4.79 Å². The number of carbonyl (C=O) groups excluding carboxylic acids is 2. The normalized spacial score (nSPS) is 19.1. The van der Waals surface area contributed by atoms with Crippen molar-refractivity contribution in [3.8, 4) is 11.1 Å². The summed E-state index contributed by atoms with van der Waals surface area (Å²) in [7, 11) is 0. The largest absolute Gasteiger partial charge is 0.480 e. The van der Waals surface area contributed by atoms with Crippen LogP contribution in [0.3, 0.4) is 0 Å². The summed E-state index contributed by atoms with van der Waals surface area (Å²) in [5.74, 6) is -0.725. The lowest BCUT2D eigenvalue weighted by atomic mass is 9.98.